The summed E-state index contributed by atoms with van der Waals surface area (Å²) in [5.74, 6) is 1.88. The van der Waals surface area contributed by atoms with Crippen molar-refractivity contribution in [1.82, 2.24) is 15.4 Å². The molecule has 2 aromatic rings. The fourth-order valence-electron chi connectivity index (χ4n) is 4.06. The number of rotatable bonds is 6. The second-order valence-corrected chi connectivity index (χ2v) is 7.25. The monoisotopic (exact) mass is 371 g/mol. The molecule has 1 N–H and O–H groups in total. The van der Waals surface area contributed by atoms with Gasteiger partial charge in [0.1, 0.15) is 5.75 Å². The van der Waals surface area contributed by atoms with Gasteiger partial charge in [-0.05, 0) is 36.6 Å². The van der Waals surface area contributed by atoms with E-state index in [2.05, 4.69) is 27.5 Å². The van der Waals surface area contributed by atoms with Crippen LogP contribution in [0.5, 0.6) is 5.75 Å². The first-order chi connectivity index (χ1) is 13.2. The summed E-state index contributed by atoms with van der Waals surface area (Å²) >= 11 is 0. The normalized spacial score (nSPS) is 25.1. The molecule has 1 amide bonds. The van der Waals surface area contributed by atoms with Crippen LogP contribution in [-0.2, 0) is 11.3 Å². The number of nitrogens with one attached hydrogen (secondary N) is 1. The lowest BCUT2D eigenvalue weighted by atomic mass is 9.84. The molecule has 0 saturated carbocycles. The van der Waals surface area contributed by atoms with Crippen molar-refractivity contribution in [2.24, 2.45) is 11.8 Å². The van der Waals surface area contributed by atoms with Crippen molar-refractivity contribution >= 4 is 5.91 Å². The molecule has 1 aromatic heterocycles. The van der Waals surface area contributed by atoms with E-state index < -0.39 is 0 Å². The van der Waals surface area contributed by atoms with Crippen molar-refractivity contribution in [2.45, 2.75) is 19.1 Å². The average Bonchev–Trinajstić information content (AvgIpc) is 3.37. The summed E-state index contributed by atoms with van der Waals surface area (Å²) in [4.78, 5) is 14.5. The first kappa shape index (κ1) is 18.0. The van der Waals surface area contributed by atoms with Crippen molar-refractivity contribution < 1.29 is 18.8 Å². The van der Waals surface area contributed by atoms with Crippen molar-refractivity contribution in [3.63, 3.8) is 0 Å². The summed E-state index contributed by atoms with van der Waals surface area (Å²) in [5, 5.41) is 6.47. The van der Waals surface area contributed by atoms with E-state index in [0.29, 0.717) is 18.4 Å². The second-order valence-electron chi connectivity index (χ2n) is 7.25. The van der Waals surface area contributed by atoms with E-state index in [1.807, 2.05) is 12.1 Å². The van der Waals surface area contributed by atoms with Crippen LogP contribution in [0.3, 0.4) is 0 Å². The Labute approximate surface area is 158 Å². The third-order valence-corrected chi connectivity index (χ3v) is 5.58. The first-order valence-corrected chi connectivity index (χ1v) is 9.38. The van der Waals surface area contributed by atoms with Gasteiger partial charge in [0.2, 0.25) is 5.76 Å². The van der Waals surface area contributed by atoms with E-state index >= 15 is 0 Å². The van der Waals surface area contributed by atoms with Crippen LogP contribution in [0.4, 0.5) is 0 Å². The molecule has 0 bridgehead atoms. The van der Waals surface area contributed by atoms with Gasteiger partial charge in [0, 0.05) is 31.6 Å². The van der Waals surface area contributed by atoms with Gasteiger partial charge >= 0.3 is 0 Å². The Hall–Kier alpha value is -2.38. The quantitative estimate of drug-likeness (QED) is 0.836. The molecular formula is C20H25N3O4. The molecule has 3 atom stereocenters. The molecule has 2 aliphatic rings. The molecule has 3 heterocycles. The van der Waals surface area contributed by atoms with E-state index in [1.54, 1.807) is 13.2 Å². The molecule has 2 saturated heterocycles. The molecule has 144 valence electrons. The minimum absolute atomic E-state index is 0.0422. The predicted molar refractivity (Wildman–Crippen MR) is 98.4 cm³/mol. The third kappa shape index (κ3) is 4.14. The summed E-state index contributed by atoms with van der Waals surface area (Å²) < 4.78 is 16.1. The topological polar surface area (TPSA) is 76.8 Å². The van der Waals surface area contributed by atoms with Gasteiger partial charge in [-0.2, -0.15) is 0 Å². The van der Waals surface area contributed by atoms with E-state index in [1.165, 1.54) is 11.8 Å². The Morgan fingerprint density at radius 1 is 1.33 bits per heavy atom. The molecule has 0 unspecified atom stereocenters. The largest absolute Gasteiger partial charge is 0.497 e. The summed E-state index contributed by atoms with van der Waals surface area (Å²) in [6.07, 6.45) is 2.64. The van der Waals surface area contributed by atoms with Gasteiger partial charge < -0.3 is 19.3 Å². The molecule has 0 aliphatic carbocycles. The van der Waals surface area contributed by atoms with Crippen molar-refractivity contribution in [3.8, 4) is 5.75 Å². The van der Waals surface area contributed by atoms with Crippen LogP contribution in [0.2, 0.25) is 0 Å². The zero-order valence-electron chi connectivity index (χ0n) is 15.5. The highest BCUT2D eigenvalue weighted by molar-refractivity contribution is 5.91. The molecule has 0 spiro atoms. The van der Waals surface area contributed by atoms with Gasteiger partial charge in [-0.15, -0.1) is 0 Å². The summed E-state index contributed by atoms with van der Waals surface area (Å²) in [5.41, 5.74) is 1.28. The van der Waals surface area contributed by atoms with Crippen molar-refractivity contribution in [2.75, 3.05) is 33.4 Å². The van der Waals surface area contributed by atoms with Gasteiger partial charge in [0.25, 0.3) is 5.91 Å². The number of nitrogens with zero attached hydrogens (tertiary/aromatic N) is 2. The molecule has 2 fully saturated rings. The van der Waals surface area contributed by atoms with Gasteiger partial charge in [0.15, 0.2) is 0 Å². The van der Waals surface area contributed by atoms with E-state index in [0.717, 1.165) is 38.4 Å². The third-order valence-electron chi connectivity index (χ3n) is 5.58. The Morgan fingerprint density at radius 3 is 2.93 bits per heavy atom. The fraction of sp³-hybridized carbons (Fsp3) is 0.500. The minimum Gasteiger partial charge on any atom is -0.497 e. The number of fused-ring (bicyclic) bond motifs is 1. The van der Waals surface area contributed by atoms with E-state index in [4.69, 9.17) is 14.0 Å². The number of likely N-dealkylation sites (tertiary alicyclic amines) is 1. The van der Waals surface area contributed by atoms with E-state index in [9.17, 15) is 4.79 Å². The Morgan fingerprint density at radius 2 is 2.19 bits per heavy atom. The lowest BCUT2D eigenvalue weighted by molar-refractivity contribution is 0.0664. The predicted octanol–water partition coefficient (Wildman–Crippen LogP) is 1.95. The number of hydrogen-bond acceptors (Lipinski definition) is 6. The van der Waals surface area contributed by atoms with Gasteiger partial charge in [-0.1, -0.05) is 17.3 Å². The lowest BCUT2D eigenvalue weighted by Gasteiger charge is -2.36. The number of ether oxygens (including phenoxy) is 2. The molecule has 2 aliphatic heterocycles. The highest BCUT2D eigenvalue weighted by atomic mass is 16.5. The zero-order chi connectivity index (χ0) is 18.6. The van der Waals surface area contributed by atoms with Crippen LogP contribution in [-0.4, -0.2) is 55.4 Å². The maximum atomic E-state index is 12.1. The highest BCUT2D eigenvalue weighted by Gasteiger charge is 2.40. The average molecular weight is 371 g/mol. The molecule has 4 rings (SSSR count). The van der Waals surface area contributed by atoms with Crippen molar-refractivity contribution in [1.29, 1.82) is 0 Å². The van der Waals surface area contributed by atoms with Crippen LogP contribution in [0.1, 0.15) is 22.5 Å². The lowest BCUT2D eigenvalue weighted by Crippen LogP contribution is -2.45. The summed E-state index contributed by atoms with van der Waals surface area (Å²) in [7, 11) is 1.68. The SMILES string of the molecule is COc1ccc(CN2CC[C@H]3CO[C@H](CNC(=O)c4ccno4)[C@H]3C2)cc1. The number of methoxy groups -OCH3 is 1. The number of amides is 1. The maximum Gasteiger partial charge on any atom is 0.289 e. The number of aromatic nitrogens is 1. The molecular weight excluding hydrogens is 346 g/mol. The molecule has 0 radical (unpaired) electrons. The van der Waals surface area contributed by atoms with Crippen LogP contribution in [0.25, 0.3) is 0 Å². The molecule has 7 heteroatoms. The Balaban J connectivity index is 1.32. The summed E-state index contributed by atoms with van der Waals surface area (Å²) in [6, 6.07) is 9.80. The number of benzene rings is 1. The smallest absolute Gasteiger partial charge is 0.289 e. The van der Waals surface area contributed by atoms with Gasteiger partial charge in [0.05, 0.1) is 26.0 Å². The highest BCUT2D eigenvalue weighted by Crippen LogP contribution is 2.34. The maximum absolute atomic E-state index is 12.1. The van der Waals surface area contributed by atoms with Gasteiger partial charge in [-0.25, -0.2) is 0 Å². The number of carbonyl (C=O) groups is 1. The van der Waals surface area contributed by atoms with Crippen LogP contribution >= 0.6 is 0 Å². The number of carbonyl (C=O) groups excluding carboxylic acids is 1. The molecule has 7 nitrogen and oxygen atoms in total. The van der Waals surface area contributed by atoms with Gasteiger partial charge in [-0.3, -0.25) is 9.69 Å². The van der Waals surface area contributed by atoms with Crippen molar-refractivity contribution in [3.05, 3.63) is 47.9 Å². The summed E-state index contributed by atoms with van der Waals surface area (Å²) in [6.45, 7) is 4.26. The van der Waals surface area contributed by atoms with Crippen LogP contribution in [0.15, 0.2) is 41.1 Å². The zero-order valence-corrected chi connectivity index (χ0v) is 15.5. The molecule has 1 aromatic carbocycles. The Kier molecular flexibility index (Phi) is 5.40. The minimum atomic E-state index is -0.245. The van der Waals surface area contributed by atoms with Crippen LogP contribution < -0.4 is 10.1 Å². The first-order valence-electron chi connectivity index (χ1n) is 9.38. The number of piperidine rings is 1. The number of hydrogen-bond donors (Lipinski definition) is 1. The second kappa shape index (κ2) is 8.10. The fourth-order valence-corrected chi connectivity index (χ4v) is 4.06. The van der Waals surface area contributed by atoms with E-state index in [-0.39, 0.29) is 17.8 Å². The Bertz CT molecular complexity index is 747. The molecule has 27 heavy (non-hydrogen) atoms. The van der Waals surface area contributed by atoms with Crippen LogP contribution in [0, 0.1) is 11.8 Å². The standard InChI is InChI=1S/C20H25N3O4/c1-25-16-4-2-14(3-5-16)11-23-9-7-15-13-26-19(17(15)12-23)10-21-20(24)18-6-8-22-27-18/h2-6,8,15,17,19H,7,9-13H2,1H3,(H,21,24)/t15-,17-,19+/m0/s1.